The van der Waals surface area contributed by atoms with Crippen molar-refractivity contribution in [3.8, 4) is 0 Å². The average Bonchev–Trinajstić information content (AvgIpc) is 2.76. The Morgan fingerprint density at radius 3 is 2.74 bits per heavy atom. The van der Waals surface area contributed by atoms with Gasteiger partial charge in [-0.15, -0.1) is 24.8 Å². The molecular formula is C12H18Cl2N4O. The van der Waals surface area contributed by atoms with Gasteiger partial charge in [0.15, 0.2) is 0 Å². The van der Waals surface area contributed by atoms with Crippen LogP contribution < -0.4 is 11.1 Å². The van der Waals surface area contributed by atoms with Gasteiger partial charge in [-0.3, -0.25) is 4.79 Å². The Balaban J connectivity index is 0.00000162. The molecule has 0 radical (unpaired) electrons. The molecule has 5 nitrogen and oxygen atoms in total. The summed E-state index contributed by atoms with van der Waals surface area (Å²) in [6.45, 7) is 0.968. The number of benzene rings is 1. The minimum atomic E-state index is 0. The van der Waals surface area contributed by atoms with Crippen LogP contribution in [0.15, 0.2) is 24.3 Å². The first kappa shape index (κ1) is 17.7. The Morgan fingerprint density at radius 2 is 2.05 bits per heavy atom. The fraction of sp³-hybridized carbons (Fsp3) is 0.333. The molecule has 2 rings (SSSR count). The van der Waals surface area contributed by atoms with Crippen molar-refractivity contribution < 1.29 is 4.79 Å². The van der Waals surface area contributed by atoms with Crippen molar-refractivity contribution in [2.75, 3.05) is 6.54 Å². The maximum Gasteiger partial charge on any atom is 0.220 e. The number of aromatic amines is 1. The largest absolute Gasteiger partial charge is 0.349 e. The molecule has 0 bridgehead atoms. The van der Waals surface area contributed by atoms with E-state index in [-0.39, 0.29) is 30.7 Å². The first-order chi connectivity index (χ1) is 8.29. The van der Waals surface area contributed by atoms with Gasteiger partial charge in [0.1, 0.15) is 5.82 Å². The van der Waals surface area contributed by atoms with Crippen LogP contribution in [0.2, 0.25) is 0 Å². The lowest BCUT2D eigenvalue weighted by Gasteiger charge is -2.01. The summed E-state index contributed by atoms with van der Waals surface area (Å²) in [5, 5.41) is 2.81. The summed E-state index contributed by atoms with van der Waals surface area (Å²) in [6.07, 6.45) is 1.18. The zero-order valence-electron chi connectivity index (χ0n) is 10.4. The minimum Gasteiger partial charge on any atom is -0.349 e. The summed E-state index contributed by atoms with van der Waals surface area (Å²) >= 11 is 0. The second kappa shape index (κ2) is 8.74. The molecule has 7 heteroatoms. The normalized spacial score (nSPS) is 9.53. The molecule has 1 aromatic carbocycles. The van der Waals surface area contributed by atoms with E-state index in [4.69, 9.17) is 5.73 Å². The number of para-hydroxylation sites is 2. The smallest absolute Gasteiger partial charge is 0.220 e. The van der Waals surface area contributed by atoms with E-state index in [2.05, 4.69) is 15.3 Å². The Labute approximate surface area is 124 Å². The van der Waals surface area contributed by atoms with Gasteiger partial charge in [0.05, 0.1) is 17.6 Å². The highest BCUT2D eigenvalue weighted by atomic mass is 35.5. The average molecular weight is 305 g/mol. The fourth-order valence-electron chi connectivity index (χ4n) is 1.62. The van der Waals surface area contributed by atoms with Crippen molar-refractivity contribution in [1.82, 2.24) is 15.3 Å². The van der Waals surface area contributed by atoms with E-state index < -0.39 is 0 Å². The Hall–Kier alpha value is -1.30. The van der Waals surface area contributed by atoms with Crippen LogP contribution in [0, 0.1) is 0 Å². The van der Waals surface area contributed by atoms with Gasteiger partial charge in [-0.05, 0) is 25.1 Å². The van der Waals surface area contributed by atoms with Crippen LogP contribution in [0.4, 0.5) is 0 Å². The standard InChI is InChI=1S/C12H16N4O.2ClH/c13-7-3-6-12(17)14-8-11-15-9-4-1-2-5-10(9)16-11;;/h1-2,4-5H,3,6-8,13H2,(H,14,17)(H,15,16);2*1H. The third-order valence-corrected chi connectivity index (χ3v) is 2.50. The zero-order valence-corrected chi connectivity index (χ0v) is 12.0. The Kier molecular flexibility index (Phi) is 8.14. The Bertz CT molecular complexity index is 482. The van der Waals surface area contributed by atoms with Gasteiger partial charge in [0, 0.05) is 6.42 Å². The highest BCUT2D eigenvalue weighted by molar-refractivity contribution is 5.85. The number of amides is 1. The van der Waals surface area contributed by atoms with E-state index in [1.54, 1.807) is 0 Å². The van der Waals surface area contributed by atoms with Gasteiger partial charge < -0.3 is 16.0 Å². The molecule has 2 aromatic rings. The number of nitrogens with two attached hydrogens (primary N) is 1. The van der Waals surface area contributed by atoms with Crippen molar-refractivity contribution in [2.45, 2.75) is 19.4 Å². The number of nitrogens with zero attached hydrogens (tertiary/aromatic N) is 1. The molecule has 1 aromatic heterocycles. The van der Waals surface area contributed by atoms with Crippen LogP contribution in [-0.2, 0) is 11.3 Å². The number of hydrogen-bond acceptors (Lipinski definition) is 3. The molecule has 19 heavy (non-hydrogen) atoms. The molecule has 0 fully saturated rings. The second-order valence-corrected chi connectivity index (χ2v) is 3.87. The molecule has 0 aliphatic heterocycles. The molecule has 1 amide bonds. The predicted molar refractivity (Wildman–Crippen MR) is 80.7 cm³/mol. The van der Waals surface area contributed by atoms with Crippen molar-refractivity contribution in [3.05, 3.63) is 30.1 Å². The lowest BCUT2D eigenvalue weighted by atomic mass is 10.3. The van der Waals surface area contributed by atoms with Gasteiger partial charge in [0.2, 0.25) is 5.91 Å². The monoisotopic (exact) mass is 304 g/mol. The van der Waals surface area contributed by atoms with E-state index in [9.17, 15) is 4.79 Å². The van der Waals surface area contributed by atoms with E-state index in [0.29, 0.717) is 25.9 Å². The molecule has 4 N–H and O–H groups in total. The number of halogens is 2. The molecule has 106 valence electrons. The van der Waals surface area contributed by atoms with Crippen molar-refractivity contribution >= 4 is 41.8 Å². The number of rotatable bonds is 5. The van der Waals surface area contributed by atoms with Crippen LogP contribution in [0.1, 0.15) is 18.7 Å². The maximum absolute atomic E-state index is 11.4. The summed E-state index contributed by atoms with van der Waals surface area (Å²) in [5.41, 5.74) is 7.24. The summed E-state index contributed by atoms with van der Waals surface area (Å²) < 4.78 is 0. The Morgan fingerprint density at radius 1 is 1.32 bits per heavy atom. The first-order valence-electron chi connectivity index (χ1n) is 5.70. The number of hydrogen-bond donors (Lipinski definition) is 3. The van der Waals surface area contributed by atoms with E-state index in [0.717, 1.165) is 16.9 Å². The highest BCUT2D eigenvalue weighted by Crippen LogP contribution is 2.09. The lowest BCUT2D eigenvalue weighted by Crippen LogP contribution is -2.23. The SMILES string of the molecule is Cl.Cl.NCCCC(=O)NCc1nc2ccccc2[nH]1. The van der Waals surface area contributed by atoms with Gasteiger partial charge in [-0.1, -0.05) is 12.1 Å². The molecule has 0 saturated carbocycles. The first-order valence-corrected chi connectivity index (χ1v) is 5.70. The van der Waals surface area contributed by atoms with Crippen LogP contribution in [0.5, 0.6) is 0 Å². The van der Waals surface area contributed by atoms with E-state index in [1.165, 1.54) is 0 Å². The van der Waals surface area contributed by atoms with Gasteiger partial charge in [-0.2, -0.15) is 0 Å². The fourth-order valence-corrected chi connectivity index (χ4v) is 1.62. The molecule has 0 spiro atoms. The molecule has 0 aliphatic rings. The predicted octanol–water partition coefficient (Wildman–Crippen LogP) is 1.76. The number of imidazole rings is 1. The van der Waals surface area contributed by atoms with Crippen molar-refractivity contribution in [1.29, 1.82) is 0 Å². The number of carbonyl (C=O) groups excluding carboxylic acids is 1. The summed E-state index contributed by atoms with van der Waals surface area (Å²) in [5.74, 6) is 0.781. The van der Waals surface area contributed by atoms with Crippen molar-refractivity contribution in [2.24, 2.45) is 5.73 Å². The minimum absolute atomic E-state index is 0. The molecule has 0 saturated heterocycles. The van der Waals surface area contributed by atoms with Gasteiger partial charge in [-0.25, -0.2) is 4.98 Å². The third kappa shape index (κ3) is 5.06. The van der Waals surface area contributed by atoms with E-state index >= 15 is 0 Å². The highest BCUT2D eigenvalue weighted by Gasteiger charge is 2.04. The third-order valence-electron chi connectivity index (χ3n) is 2.50. The van der Waals surface area contributed by atoms with Crippen LogP contribution >= 0.6 is 24.8 Å². The zero-order chi connectivity index (χ0) is 12.1. The molecular weight excluding hydrogens is 287 g/mol. The van der Waals surface area contributed by atoms with Gasteiger partial charge in [0.25, 0.3) is 0 Å². The summed E-state index contributed by atoms with van der Waals surface area (Å²) in [4.78, 5) is 18.9. The van der Waals surface area contributed by atoms with Crippen LogP contribution in [0.25, 0.3) is 11.0 Å². The van der Waals surface area contributed by atoms with Crippen LogP contribution in [0.3, 0.4) is 0 Å². The molecule has 0 aliphatic carbocycles. The van der Waals surface area contributed by atoms with Crippen LogP contribution in [-0.4, -0.2) is 22.4 Å². The second-order valence-electron chi connectivity index (χ2n) is 3.87. The van der Waals surface area contributed by atoms with Crippen molar-refractivity contribution in [3.63, 3.8) is 0 Å². The number of carbonyl (C=O) groups is 1. The lowest BCUT2D eigenvalue weighted by molar-refractivity contribution is -0.121. The summed E-state index contributed by atoms with van der Waals surface area (Å²) in [6, 6.07) is 7.78. The maximum atomic E-state index is 11.4. The number of H-pyrrole nitrogens is 1. The molecule has 0 unspecified atom stereocenters. The number of fused-ring (bicyclic) bond motifs is 1. The summed E-state index contributed by atoms with van der Waals surface area (Å²) in [7, 11) is 0. The quantitative estimate of drug-likeness (QED) is 0.787. The van der Waals surface area contributed by atoms with Gasteiger partial charge >= 0.3 is 0 Å². The van der Waals surface area contributed by atoms with E-state index in [1.807, 2.05) is 24.3 Å². The molecule has 1 heterocycles. The molecule has 0 atom stereocenters. The number of aromatic nitrogens is 2. The topological polar surface area (TPSA) is 83.8 Å². The number of nitrogens with one attached hydrogen (secondary N) is 2.